The van der Waals surface area contributed by atoms with Crippen LogP contribution in [0.15, 0.2) is 46.9 Å². The zero-order valence-electron chi connectivity index (χ0n) is 17.6. The Balaban J connectivity index is 1.66. The maximum atomic E-state index is 12.8. The molecule has 3 rings (SSSR count). The van der Waals surface area contributed by atoms with Crippen LogP contribution in [0, 0.1) is 5.92 Å². The Kier molecular flexibility index (Phi) is 7.91. The average Bonchev–Trinajstić information content (AvgIpc) is 2.75. The number of rotatable bonds is 7. The van der Waals surface area contributed by atoms with Gasteiger partial charge in [-0.15, -0.1) is 0 Å². The Morgan fingerprint density at radius 3 is 2.50 bits per heavy atom. The Labute approximate surface area is 186 Å². The third kappa shape index (κ3) is 5.85. The Morgan fingerprint density at radius 2 is 1.83 bits per heavy atom. The van der Waals surface area contributed by atoms with E-state index in [9.17, 15) is 9.59 Å². The van der Waals surface area contributed by atoms with Gasteiger partial charge in [0.2, 0.25) is 0 Å². The van der Waals surface area contributed by atoms with E-state index in [1.165, 1.54) is 0 Å². The lowest BCUT2D eigenvalue weighted by atomic mass is 9.98. The summed E-state index contributed by atoms with van der Waals surface area (Å²) in [7, 11) is 0. The van der Waals surface area contributed by atoms with E-state index in [2.05, 4.69) is 35.1 Å². The molecule has 1 aliphatic heterocycles. The van der Waals surface area contributed by atoms with E-state index in [0.717, 1.165) is 43.2 Å². The van der Waals surface area contributed by atoms with Gasteiger partial charge in [-0.1, -0.05) is 36.2 Å². The highest BCUT2D eigenvalue weighted by Gasteiger charge is 2.21. The molecule has 0 radical (unpaired) electrons. The zero-order chi connectivity index (χ0) is 21.5. The number of amides is 2. The van der Waals surface area contributed by atoms with Crippen LogP contribution in [-0.2, 0) is 0 Å². The van der Waals surface area contributed by atoms with Gasteiger partial charge in [-0.2, -0.15) is 0 Å². The maximum Gasteiger partial charge on any atom is 0.259 e. The van der Waals surface area contributed by atoms with Gasteiger partial charge in [-0.05, 0) is 67.6 Å². The van der Waals surface area contributed by atoms with Gasteiger partial charge in [0.15, 0.2) is 0 Å². The van der Waals surface area contributed by atoms with Crippen molar-refractivity contribution in [2.24, 2.45) is 5.92 Å². The molecule has 1 saturated heterocycles. The molecule has 2 aromatic rings. The van der Waals surface area contributed by atoms with Gasteiger partial charge in [-0.3, -0.25) is 9.59 Å². The number of unbranched alkanes of at least 4 members (excludes halogenated alkanes) is 1. The smallest absolute Gasteiger partial charge is 0.259 e. The second kappa shape index (κ2) is 10.6. The summed E-state index contributed by atoms with van der Waals surface area (Å²) in [5.41, 5.74) is 1.76. The van der Waals surface area contributed by atoms with E-state index in [1.54, 1.807) is 36.4 Å². The van der Waals surface area contributed by atoms with Crippen LogP contribution in [-0.4, -0.2) is 36.4 Å². The first kappa shape index (κ1) is 22.3. The summed E-state index contributed by atoms with van der Waals surface area (Å²) < 4.78 is 6.60. The first-order valence-corrected chi connectivity index (χ1v) is 11.4. The molecule has 6 heteroatoms. The molecular formula is C24H29BrN2O3. The molecule has 30 heavy (non-hydrogen) atoms. The number of piperidine rings is 1. The summed E-state index contributed by atoms with van der Waals surface area (Å²) in [5, 5.41) is 2.90. The van der Waals surface area contributed by atoms with Gasteiger partial charge in [0.1, 0.15) is 5.75 Å². The van der Waals surface area contributed by atoms with Crippen molar-refractivity contribution in [2.75, 3.05) is 25.0 Å². The van der Waals surface area contributed by atoms with E-state index in [-0.39, 0.29) is 11.8 Å². The van der Waals surface area contributed by atoms with Crippen LogP contribution >= 0.6 is 15.9 Å². The van der Waals surface area contributed by atoms with E-state index < -0.39 is 0 Å². The van der Waals surface area contributed by atoms with Crippen molar-refractivity contribution in [3.63, 3.8) is 0 Å². The molecule has 2 amide bonds. The van der Waals surface area contributed by atoms with Gasteiger partial charge in [0.05, 0.1) is 12.2 Å². The summed E-state index contributed by atoms with van der Waals surface area (Å²) in [6.45, 7) is 6.51. The van der Waals surface area contributed by atoms with Gasteiger partial charge in [-0.25, -0.2) is 0 Å². The number of carbonyl (C=O) groups excluding carboxylic acids is 2. The minimum absolute atomic E-state index is 0.0541. The standard InChI is InChI=1S/C24H29BrN2O3/c1-3-4-15-30-22-10-7-19(25)16-21(22)23(28)26-20-8-5-18(6-9-20)24(29)27-13-11-17(2)12-14-27/h5-10,16-17H,3-4,11-15H2,1-2H3,(H,26,28). The second-order valence-corrected chi connectivity index (χ2v) is 8.76. The van der Waals surface area contributed by atoms with Crippen LogP contribution in [0.3, 0.4) is 0 Å². The van der Waals surface area contributed by atoms with Crippen molar-refractivity contribution in [1.82, 2.24) is 4.90 Å². The normalized spacial score (nSPS) is 14.4. The molecule has 1 heterocycles. The summed E-state index contributed by atoms with van der Waals surface area (Å²) in [6.07, 6.45) is 4.06. The van der Waals surface area contributed by atoms with E-state index >= 15 is 0 Å². The molecule has 0 bridgehead atoms. The van der Waals surface area contributed by atoms with Gasteiger partial charge < -0.3 is 15.0 Å². The Hall–Kier alpha value is -2.34. The summed E-state index contributed by atoms with van der Waals surface area (Å²) >= 11 is 3.42. The Morgan fingerprint density at radius 1 is 1.13 bits per heavy atom. The van der Waals surface area contributed by atoms with Crippen molar-refractivity contribution >= 4 is 33.4 Å². The maximum absolute atomic E-state index is 12.8. The lowest BCUT2D eigenvalue weighted by Gasteiger charge is -2.30. The number of likely N-dealkylation sites (tertiary alicyclic amines) is 1. The van der Waals surface area contributed by atoms with Crippen LogP contribution in [0.4, 0.5) is 5.69 Å². The molecule has 0 aliphatic carbocycles. The van der Waals surface area contributed by atoms with Crippen LogP contribution in [0.2, 0.25) is 0 Å². The number of nitrogens with zero attached hydrogens (tertiary/aromatic N) is 1. The first-order chi connectivity index (χ1) is 14.5. The lowest BCUT2D eigenvalue weighted by molar-refractivity contribution is 0.0697. The minimum atomic E-state index is -0.244. The summed E-state index contributed by atoms with van der Waals surface area (Å²) in [4.78, 5) is 27.4. The number of anilines is 1. The first-order valence-electron chi connectivity index (χ1n) is 10.6. The molecule has 5 nitrogen and oxygen atoms in total. The molecule has 160 valence electrons. The van der Waals surface area contributed by atoms with Crippen molar-refractivity contribution in [3.05, 3.63) is 58.1 Å². The molecule has 0 spiro atoms. The topological polar surface area (TPSA) is 58.6 Å². The van der Waals surface area contributed by atoms with Gasteiger partial charge in [0, 0.05) is 28.8 Å². The molecule has 0 unspecified atom stereocenters. The SMILES string of the molecule is CCCCOc1ccc(Br)cc1C(=O)Nc1ccc(C(=O)N2CCC(C)CC2)cc1. The van der Waals surface area contributed by atoms with Gasteiger partial charge >= 0.3 is 0 Å². The molecular weight excluding hydrogens is 444 g/mol. The highest BCUT2D eigenvalue weighted by atomic mass is 79.9. The van der Waals surface area contributed by atoms with Crippen LogP contribution in [0.25, 0.3) is 0 Å². The van der Waals surface area contributed by atoms with Crippen molar-refractivity contribution in [1.29, 1.82) is 0 Å². The number of carbonyl (C=O) groups is 2. The minimum Gasteiger partial charge on any atom is -0.493 e. The fraction of sp³-hybridized carbons (Fsp3) is 0.417. The molecule has 0 saturated carbocycles. The van der Waals surface area contributed by atoms with Crippen LogP contribution < -0.4 is 10.1 Å². The quantitative estimate of drug-likeness (QED) is 0.521. The Bertz CT molecular complexity index is 875. The predicted molar refractivity (Wildman–Crippen MR) is 123 cm³/mol. The number of nitrogens with one attached hydrogen (secondary N) is 1. The van der Waals surface area contributed by atoms with E-state index in [4.69, 9.17) is 4.74 Å². The lowest BCUT2D eigenvalue weighted by Crippen LogP contribution is -2.37. The average molecular weight is 473 g/mol. The number of ether oxygens (including phenoxy) is 1. The summed E-state index contributed by atoms with van der Waals surface area (Å²) in [6, 6.07) is 12.5. The number of hydrogen-bond acceptors (Lipinski definition) is 3. The molecule has 1 fully saturated rings. The van der Waals surface area contributed by atoms with Crippen LogP contribution in [0.1, 0.15) is 60.2 Å². The zero-order valence-corrected chi connectivity index (χ0v) is 19.2. The number of benzene rings is 2. The second-order valence-electron chi connectivity index (χ2n) is 7.85. The molecule has 0 atom stereocenters. The third-order valence-electron chi connectivity index (χ3n) is 5.40. The molecule has 1 N–H and O–H groups in total. The predicted octanol–water partition coefficient (Wildman–Crippen LogP) is 5.75. The summed E-state index contributed by atoms with van der Waals surface area (Å²) in [5.74, 6) is 1.06. The largest absolute Gasteiger partial charge is 0.493 e. The fourth-order valence-electron chi connectivity index (χ4n) is 3.42. The number of halogens is 1. The van der Waals surface area contributed by atoms with Crippen molar-refractivity contribution < 1.29 is 14.3 Å². The highest BCUT2D eigenvalue weighted by Crippen LogP contribution is 2.25. The van der Waals surface area contributed by atoms with E-state index in [1.807, 2.05) is 11.0 Å². The van der Waals surface area contributed by atoms with Crippen molar-refractivity contribution in [2.45, 2.75) is 39.5 Å². The monoisotopic (exact) mass is 472 g/mol. The molecule has 1 aliphatic rings. The number of hydrogen-bond donors (Lipinski definition) is 1. The van der Waals surface area contributed by atoms with Crippen LogP contribution in [0.5, 0.6) is 5.75 Å². The third-order valence-corrected chi connectivity index (χ3v) is 5.90. The highest BCUT2D eigenvalue weighted by molar-refractivity contribution is 9.10. The molecule has 0 aromatic heterocycles. The molecule has 2 aromatic carbocycles. The van der Waals surface area contributed by atoms with Crippen molar-refractivity contribution in [3.8, 4) is 5.75 Å². The van der Waals surface area contributed by atoms with E-state index in [0.29, 0.717) is 35.1 Å². The fourth-order valence-corrected chi connectivity index (χ4v) is 3.78. The van der Waals surface area contributed by atoms with Gasteiger partial charge in [0.25, 0.3) is 11.8 Å².